The molecule has 1 amide bonds. The number of rotatable bonds is 7. The van der Waals surface area contributed by atoms with Gasteiger partial charge in [-0.1, -0.05) is 27.7 Å². The third kappa shape index (κ3) is 4.33. The molecule has 2 rings (SSSR count). The number of fused-ring (bicyclic) bond motifs is 1. The molecule has 1 aromatic heterocycles. The molecule has 0 unspecified atom stereocenters. The molecule has 0 fully saturated rings. The van der Waals surface area contributed by atoms with Crippen LogP contribution in [0.1, 0.15) is 40.5 Å². The molecule has 0 aliphatic rings. The van der Waals surface area contributed by atoms with Gasteiger partial charge in [0.25, 0.3) is 0 Å². The van der Waals surface area contributed by atoms with Crippen molar-refractivity contribution < 1.29 is 13.2 Å². The molecule has 1 heterocycles. The maximum atomic E-state index is 12.3. The number of nitrogens with zero attached hydrogens (tertiary/aromatic N) is 1. The SMILES string of the molecule is CCC(CC)C(=O)Nc1ccc2nc(S(=O)(=O)CC(C)C)sc2c1. The van der Waals surface area contributed by atoms with Crippen LogP contribution in [0.4, 0.5) is 5.69 Å². The van der Waals surface area contributed by atoms with Gasteiger partial charge in [-0.2, -0.15) is 0 Å². The Kier molecular flexibility index (Phi) is 5.98. The summed E-state index contributed by atoms with van der Waals surface area (Å²) < 4.78 is 25.6. The molecule has 0 saturated heterocycles. The maximum Gasteiger partial charge on any atom is 0.227 e. The molecule has 1 N–H and O–H groups in total. The Morgan fingerprint density at radius 2 is 1.92 bits per heavy atom. The molecule has 1 aromatic carbocycles. The largest absolute Gasteiger partial charge is 0.326 e. The van der Waals surface area contributed by atoms with Crippen LogP contribution in [0, 0.1) is 11.8 Å². The van der Waals surface area contributed by atoms with Crippen molar-refractivity contribution in [3.05, 3.63) is 18.2 Å². The van der Waals surface area contributed by atoms with E-state index >= 15 is 0 Å². The van der Waals surface area contributed by atoms with Gasteiger partial charge < -0.3 is 5.32 Å². The Labute approximate surface area is 147 Å². The molecule has 5 nitrogen and oxygen atoms in total. The van der Waals surface area contributed by atoms with Crippen LogP contribution in [-0.2, 0) is 14.6 Å². The number of carbonyl (C=O) groups excluding carboxylic acids is 1. The fourth-order valence-corrected chi connectivity index (χ4v) is 5.50. The number of carbonyl (C=O) groups is 1. The lowest BCUT2D eigenvalue weighted by atomic mass is 10.0. The Hall–Kier alpha value is -1.47. The van der Waals surface area contributed by atoms with Crippen molar-refractivity contribution >= 4 is 43.0 Å². The average molecular weight is 369 g/mol. The van der Waals surface area contributed by atoms with Gasteiger partial charge in [-0.25, -0.2) is 13.4 Å². The van der Waals surface area contributed by atoms with E-state index in [1.807, 2.05) is 27.7 Å². The van der Waals surface area contributed by atoms with E-state index in [9.17, 15) is 13.2 Å². The highest BCUT2D eigenvalue weighted by atomic mass is 32.2. The molecule has 0 saturated carbocycles. The predicted molar refractivity (Wildman–Crippen MR) is 99.2 cm³/mol. The van der Waals surface area contributed by atoms with E-state index in [1.54, 1.807) is 18.2 Å². The topological polar surface area (TPSA) is 76.1 Å². The minimum Gasteiger partial charge on any atom is -0.326 e. The molecule has 0 atom stereocenters. The molecular weight excluding hydrogens is 344 g/mol. The molecule has 24 heavy (non-hydrogen) atoms. The molecule has 0 spiro atoms. The van der Waals surface area contributed by atoms with E-state index in [2.05, 4.69) is 10.3 Å². The van der Waals surface area contributed by atoms with Crippen LogP contribution in [0.25, 0.3) is 10.2 Å². The third-order valence-electron chi connectivity index (χ3n) is 3.81. The normalized spacial score (nSPS) is 12.2. The van der Waals surface area contributed by atoms with Crippen molar-refractivity contribution in [2.45, 2.75) is 44.9 Å². The molecule has 2 aromatic rings. The van der Waals surface area contributed by atoms with Gasteiger partial charge in [-0.15, -0.1) is 11.3 Å². The van der Waals surface area contributed by atoms with Crippen LogP contribution in [0.3, 0.4) is 0 Å². The van der Waals surface area contributed by atoms with E-state index in [4.69, 9.17) is 0 Å². The molecule has 7 heteroatoms. The Balaban J connectivity index is 2.28. The second-order valence-corrected chi connectivity index (χ2v) is 9.58. The van der Waals surface area contributed by atoms with Gasteiger partial charge in [0.1, 0.15) is 0 Å². The molecule has 0 aliphatic carbocycles. The highest BCUT2D eigenvalue weighted by molar-refractivity contribution is 7.93. The van der Waals surface area contributed by atoms with Gasteiger partial charge in [0, 0.05) is 11.6 Å². The third-order valence-corrected chi connectivity index (χ3v) is 7.37. The fraction of sp³-hybridized carbons (Fsp3) is 0.529. The van der Waals surface area contributed by atoms with E-state index in [0.717, 1.165) is 28.9 Å². The number of amides is 1. The van der Waals surface area contributed by atoms with Crippen LogP contribution in [-0.4, -0.2) is 25.1 Å². The van der Waals surface area contributed by atoms with Gasteiger partial charge >= 0.3 is 0 Å². The summed E-state index contributed by atoms with van der Waals surface area (Å²) in [6, 6.07) is 5.31. The van der Waals surface area contributed by atoms with Crippen molar-refractivity contribution in [2.75, 3.05) is 11.1 Å². The molecule has 132 valence electrons. The monoisotopic (exact) mass is 368 g/mol. The number of aromatic nitrogens is 1. The van der Waals surface area contributed by atoms with Crippen molar-refractivity contribution in [2.24, 2.45) is 11.8 Å². The second-order valence-electron chi connectivity index (χ2n) is 6.34. The van der Waals surface area contributed by atoms with Crippen molar-refractivity contribution in [1.82, 2.24) is 4.98 Å². The number of anilines is 1. The summed E-state index contributed by atoms with van der Waals surface area (Å²) in [5.41, 5.74) is 1.32. The van der Waals surface area contributed by atoms with Gasteiger partial charge in [-0.3, -0.25) is 4.79 Å². The van der Waals surface area contributed by atoms with Crippen LogP contribution < -0.4 is 5.32 Å². The van der Waals surface area contributed by atoms with Crippen molar-refractivity contribution in [1.29, 1.82) is 0 Å². The van der Waals surface area contributed by atoms with E-state index in [-0.39, 0.29) is 27.8 Å². The predicted octanol–water partition coefficient (Wildman–Crippen LogP) is 4.10. The highest BCUT2D eigenvalue weighted by Crippen LogP contribution is 2.29. The number of thiazole rings is 1. The van der Waals surface area contributed by atoms with Gasteiger partial charge in [0.05, 0.1) is 16.0 Å². The second kappa shape index (κ2) is 7.61. The summed E-state index contributed by atoms with van der Waals surface area (Å²) in [6.07, 6.45) is 1.59. The van der Waals surface area contributed by atoms with Gasteiger partial charge in [0.15, 0.2) is 0 Å². The smallest absolute Gasteiger partial charge is 0.227 e. The standard InChI is InChI=1S/C17H24N2O3S2/c1-5-12(6-2)16(20)18-13-7-8-14-15(9-13)23-17(19-14)24(21,22)10-11(3)4/h7-9,11-12H,5-6,10H2,1-4H3,(H,18,20). The molecule has 0 radical (unpaired) electrons. The highest BCUT2D eigenvalue weighted by Gasteiger charge is 2.21. The lowest BCUT2D eigenvalue weighted by molar-refractivity contribution is -0.120. The Morgan fingerprint density at radius 3 is 2.50 bits per heavy atom. The lowest BCUT2D eigenvalue weighted by Gasteiger charge is -2.12. The van der Waals surface area contributed by atoms with E-state index in [0.29, 0.717) is 11.2 Å². The summed E-state index contributed by atoms with van der Waals surface area (Å²) >= 11 is 1.16. The Bertz CT molecular complexity index is 821. The molecule has 0 aliphatic heterocycles. The van der Waals surface area contributed by atoms with Crippen LogP contribution in [0.2, 0.25) is 0 Å². The first-order valence-electron chi connectivity index (χ1n) is 8.21. The number of nitrogens with one attached hydrogen (secondary N) is 1. The first-order valence-corrected chi connectivity index (χ1v) is 10.7. The number of sulfone groups is 1. The van der Waals surface area contributed by atoms with Crippen LogP contribution in [0.5, 0.6) is 0 Å². The summed E-state index contributed by atoms with van der Waals surface area (Å²) in [5.74, 6) is 0.128. The zero-order valence-electron chi connectivity index (χ0n) is 14.5. The molecular formula is C17H24N2O3S2. The summed E-state index contributed by atoms with van der Waals surface area (Å²) in [6.45, 7) is 7.73. The minimum atomic E-state index is -3.36. The van der Waals surface area contributed by atoms with Crippen LogP contribution >= 0.6 is 11.3 Å². The average Bonchev–Trinajstić information content (AvgIpc) is 2.91. The molecule has 0 bridgehead atoms. The first-order chi connectivity index (χ1) is 11.3. The van der Waals surface area contributed by atoms with Crippen molar-refractivity contribution in [3.8, 4) is 0 Å². The fourth-order valence-electron chi connectivity index (χ4n) is 2.53. The minimum absolute atomic E-state index is 0.00322. The zero-order chi connectivity index (χ0) is 17.9. The number of hydrogen-bond acceptors (Lipinski definition) is 5. The van der Waals surface area contributed by atoms with E-state index < -0.39 is 9.84 Å². The van der Waals surface area contributed by atoms with E-state index in [1.165, 1.54) is 0 Å². The zero-order valence-corrected chi connectivity index (χ0v) is 16.1. The van der Waals surface area contributed by atoms with Gasteiger partial charge in [0.2, 0.25) is 20.1 Å². The lowest BCUT2D eigenvalue weighted by Crippen LogP contribution is -2.21. The van der Waals surface area contributed by atoms with Crippen LogP contribution in [0.15, 0.2) is 22.5 Å². The number of hydrogen-bond donors (Lipinski definition) is 1. The first kappa shape index (κ1) is 18.9. The van der Waals surface area contributed by atoms with Crippen molar-refractivity contribution in [3.63, 3.8) is 0 Å². The number of benzene rings is 1. The summed E-state index contributed by atoms with van der Waals surface area (Å²) in [5, 5.41) is 2.91. The quantitative estimate of drug-likeness (QED) is 0.798. The summed E-state index contributed by atoms with van der Waals surface area (Å²) in [7, 11) is -3.36. The van der Waals surface area contributed by atoms with Gasteiger partial charge in [-0.05, 0) is 37.0 Å². The summed E-state index contributed by atoms with van der Waals surface area (Å²) in [4.78, 5) is 16.4. The maximum absolute atomic E-state index is 12.3. The Morgan fingerprint density at radius 1 is 1.25 bits per heavy atom.